The largest absolute Gasteiger partial charge is 0.383 e. The quantitative estimate of drug-likeness (QED) is 0.745. The molecule has 0 spiro atoms. The summed E-state index contributed by atoms with van der Waals surface area (Å²) in [6.07, 6.45) is 1.44. The fourth-order valence-electron chi connectivity index (χ4n) is 1.68. The minimum atomic E-state index is 0.420. The highest BCUT2D eigenvalue weighted by atomic mass is 79.9. The van der Waals surface area contributed by atoms with E-state index in [1.54, 1.807) is 4.68 Å². The normalized spacial score (nSPS) is 10.9. The van der Waals surface area contributed by atoms with Gasteiger partial charge in [-0.25, -0.2) is 14.6 Å². The van der Waals surface area contributed by atoms with Gasteiger partial charge in [-0.1, -0.05) is 18.2 Å². The van der Waals surface area contributed by atoms with E-state index in [9.17, 15) is 0 Å². The number of nitrogens with zero attached hydrogens (tertiary/aromatic N) is 4. The Bertz CT molecular complexity index is 677. The van der Waals surface area contributed by atoms with E-state index in [1.165, 1.54) is 6.33 Å². The second-order valence-electron chi connectivity index (χ2n) is 3.50. The van der Waals surface area contributed by atoms with Gasteiger partial charge < -0.3 is 5.73 Å². The van der Waals surface area contributed by atoms with Crippen LogP contribution in [-0.2, 0) is 0 Å². The van der Waals surface area contributed by atoms with Gasteiger partial charge in [-0.2, -0.15) is 5.10 Å². The van der Waals surface area contributed by atoms with Crippen LogP contribution in [0, 0.1) is 0 Å². The van der Waals surface area contributed by atoms with Crippen LogP contribution in [0.5, 0.6) is 0 Å². The van der Waals surface area contributed by atoms with E-state index in [4.69, 9.17) is 5.73 Å². The maximum Gasteiger partial charge on any atom is 0.169 e. The van der Waals surface area contributed by atoms with Crippen molar-refractivity contribution in [2.24, 2.45) is 0 Å². The maximum absolute atomic E-state index is 5.81. The van der Waals surface area contributed by atoms with Crippen LogP contribution in [0.1, 0.15) is 0 Å². The molecule has 6 heteroatoms. The first-order valence-electron chi connectivity index (χ1n) is 4.97. The highest BCUT2D eigenvalue weighted by molar-refractivity contribution is 9.10. The van der Waals surface area contributed by atoms with Gasteiger partial charge in [-0.15, -0.1) is 0 Å². The minimum absolute atomic E-state index is 0.420. The Hall–Kier alpha value is -1.95. The molecule has 0 saturated carbocycles. The Labute approximate surface area is 105 Å². The Morgan fingerprint density at radius 1 is 1.12 bits per heavy atom. The molecule has 0 unspecified atom stereocenters. The molecule has 0 aliphatic carbocycles. The molecule has 5 nitrogen and oxygen atoms in total. The number of nitrogen functional groups attached to an aromatic ring is 1. The fourth-order valence-corrected chi connectivity index (χ4v) is 2.22. The summed E-state index contributed by atoms with van der Waals surface area (Å²) in [6, 6.07) is 9.75. The molecule has 0 amide bonds. The molecule has 84 valence electrons. The van der Waals surface area contributed by atoms with Crippen LogP contribution in [-0.4, -0.2) is 19.7 Å². The molecule has 3 aromatic rings. The van der Waals surface area contributed by atoms with Gasteiger partial charge in [0.2, 0.25) is 0 Å². The zero-order valence-corrected chi connectivity index (χ0v) is 10.3. The summed E-state index contributed by atoms with van der Waals surface area (Å²) in [4.78, 5) is 8.18. The van der Waals surface area contributed by atoms with Crippen LogP contribution < -0.4 is 5.73 Å². The molecule has 0 saturated heterocycles. The first-order valence-corrected chi connectivity index (χ1v) is 5.77. The van der Waals surface area contributed by atoms with Gasteiger partial charge in [0.05, 0.1) is 11.1 Å². The first-order chi connectivity index (χ1) is 8.27. The molecule has 2 heterocycles. The number of hydrogen-bond donors (Lipinski definition) is 1. The average molecular weight is 290 g/mol. The van der Waals surface area contributed by atoms with Crippen LogP contribution in [0.2, 0.25) is 0 Å². The second kappa shape index (κ2) is 3.81. The van der Waals surface area contributed by atoms with E-state index in [1.807, 2.05) is 30.3 Å². The molecular formula is C11H8BrN5. The third-order valence-corrected chi connectivity index (χ3v) is 3.01. The lowest BCUT2D eigenvalue weighted by Crippen LogP contribution is -1.98. The lowest BCUT2D eigenvalue weighted by atomic mass is 10.3. The van der Waals surface area contributed by atoms with E-state index in [0.29, 0.717) is 16.1 Å². The monoisotopic (exact) mass is 289 g/mol. The Kier molecular flexibility index (Phi) is 2.29. The molecule has 1 aromatic carbocycles. The molecule has 17 heavy (non-hydrogen) atoms. The van der Waals surface area contributed by atoms with Crippen molar-refractivity contribution in [2.45, 2.75) is 0 Å². The van der Waals surface area contributed by atoms with Gasteiger partial charge in [0.15, 0.2) is 5.65 Å². The standard InChI is InChI=1S/C11H8BrN5/c12-9-8-10(13)14-6-15-11(8)17(16-9)7-4-2-1-3-5-7/h1-6H,(H2,13,14,15). The topological polar surface area (TPSA) is 69.6 Å². The van der Waals surface area contributed by atoms with Gasteiger partial charge in [0.1, 0.15) is 16.7 Å². The predicted octanol–water partition coefficient (Wildman–Crippen LogP) is 2.16. The summed E-state index contributed by atoms with van der Waals surface area (Å²) in [6.45, 7) is 0. The summed E-state index contributed by atoms with van der Waals surface area (Å²) >= 11 is 3.37. The molecular weight excluding hydrogens is 282 g/mol. The molecule has 2 aromatic heterocycles. The number of halogens is 1. The van der Waals surface area contributed by atoms with E-state index in [0.717, 1.165) is 11.1 Å². The number of fused-ring (bicyclic) bond motifs is 1. The first kappa shape index (κ1) is 10.2. The number of anilines is 1. The summed E-state index contributed by atoms with van der Waals surface area (Å²) in [5, 5.41) is 5.10. The van der Waals surface area contributed by atoms with Gasteiger partial charge in [0, 0.05) is 0 Å². The van der Waals surface area contributed by atoms with E-state index < -0.39 is 0 Å². The number of para-hydroxylation sites is 1. The van der Waals surface area contributed by atoms with E-state index in [2.05, 4.69) is 31.0 Å². The summed E-state index contributed by atoms with van der Waals surface area (Å²) in [5.41, 5.74) is 7.44. The van der Waals surface area contributed by atoms with Crippen LogP contribution in [0.25, 0.3) is 16.7 Å². The molecule has 0 radical (unpaired) electrons. The van der Waals surface area contributed by atoms with Crippen molar-refractivity contribution >= 4 is 32.8 Å². The van der Waals surface area contributed by atoms with Crippen molar-refractivity contribution in [1.82, 2.24) is 19.7 Å². The third-order valence-electron chi connectivity index (χ3n) is 2.45. The fraction of sp³-hybridized carbons (Fsp3) is 0. The number of nitrogens with two attached hydrogens (primary N) is 1. The number of benzene rings is 1. The third kappa shape index (κ3) is 1.57. The van der Waals surface area contributed by atoms with Crippen molar-refractivity contribution in [3.05, 3.63) is 41.3 Å². The van der Waals surface area contributed by atoms with E-state index in [-0.39, 0.29) is 0 Å². The maximum atomic E-state index is 5.81. The van der Waals surface area contributed by atoms with Crippen LogP contribution in [0.3, 0.4) is 0 Å². The van der Waals surface area contributed by atoms with Crippen molar-refractivity contribution in [3.8, 4) is 5.69 Å². The molecule has 2 N–H and O–H groups in total. The Morgan fingerprint density at radius 2 is 1.88 bits per heavy atom. The molecule has 0 aliphatic rings. The van der Waals surface area contributed by atoms with Crippen molar-refractivity contribution in [1.29, 1.82) is 0 Å². The molecule has 0 atom stereocenters. The van der Waals surface area contributed by atoms with Crippen molar-refractivity contribution in [3.63, 3.8) is 0 Å². The summed E-state index contributed by atoms with van der Waals surface area (Å²) in [5.74, 6) is 0.420. The van der Waals surface area contributed by atoms with Crippen LogP contribution in [0.4, 0.5) is 5.82 Å². The van der Waals surface area contributed by atoms with Crippen molar-refractivity contribution < 1.29 is 0 Å². The zero-order valence-electron chi connectivity index (χ0n) is 8.71. The zero-order chi connectivity index (χ0) is 11.8. The highest BCUT2D eigenvalue weighted by Gasteiger charge is 2.13. The van der Waals surface area contributed by atoms with Gasteiger partial charge in [0.25, 0.3) is 0 Å². The SMILES string of the molecule is Nc1ncnc2c1c(Br)nn2-c1ccccc1. The average Bonchev–Trinajstić information content (AvgIpc) is 2.69. The van der Waals surface area contributed by atoms with Crippen LogP contribution >= 0.6 is 15.9 Å². The molecule has 3 rings (SSSR count). The predicted molar refractivity (Wildman–Crippen MR) is 68.8 cm³/mol. The summed E-state index contributed by atoms with van der Waals surface area (Å²) in [7, 11) is 0. The lowest BCUT2D eigenvalue weighted by molar-refractivity contribution is 0.885. The molecule has 0 fully saturated rings. The Balaban J connectivity index is 2.36. The van der Waals surface area contributed by atoms with E-state index >= 15 is 0 Å². The van der Waals surface area contributed by atoms with Gasteiger partial charge >= 0.3 is 0 Å². The molecule has 0 aliphatic heterocycles. The number of aromatic nitrogens is 4. The second-order valence-corrected chi connectivity index (χ2v) is 4.25. The lowest BCUT2D eigenvalue weighted by Gasteiger charge is -2.01. The summed E-state index contributed by atoms with van der Waals surface area (Å²) < 4.78 is 2.38. The Morgan fingerprint density at radius 3 is 2.65 bits per heavy atom. The van der Waals surface area contributed by atoms with Gasteiger partial charge in [-0.3, -0.25) is 0 Å². The highest BCUT2D eigenvalue weighted by Crippen LogP contribution is 2.27. The smallest absolute Gasteiger partial charge is 0.169 e. The minimum Gasteiger partial charge on any atom is -0.383 e. The van der Waals surface area contributed by atoms with Crippen molar-refractivity contribution in [2.75, 3.05) is 5.73 Å². The van der Waals surface area contributed by atoms with Gasteiger partial charge in [-0.05, 0) is 28.1 Å². The number of rotatable bonds is 1. The van der Waals surface area contributed by atoms with Crippen LogP contribution in [0.15, 0.2) is 41.3 Å². The molecule has 0 bridgehead atoms. The number of hydrogen-bond acceptors (Lipinski definition) is 4.